The SMILES string of the molecule is CCC(=O)O.CCC(=O)O.c1ccccc1.c1ccccc1. The third-order valence-corrected chi connectivity index (χ3v) is 1.94. The zero-order valence-corrected chi connectivity index (χ0v) is 13.1. The van der Waals surface area contributed by atoms with Gasteiger partial charge in [-0.1, -0.05) is 86.6 Å². The molecule has 0 heterocycles. The minimum absolute atomic E-state index is 0.222. The minimum atomic E-state index is -0.745. The maximum absolute atomic E-state index is 9.37. The van der Waals surface area contributed by atoms with E-state index in [1.165, 1.54) is 0 Å². The molecule has 0 amide bonds. The second-order valence-corrected chi connectivity index (χ2v) is 3.80. The molecule has 0 atom stereocenters. The van der Waals surface area contributed by atoms with Gasteiger partial charge in [0.2, 0.25) is 0 Å². The van der Waals surface area contributed by atoms with E-state index in [1.807, 2.05) is 72.8 Å². The summed E-state index contributed by atoms with van der Waals surface area (Å²) in [5, 5.41) is 15.4. The van der Waals surface area contributed by atoms with E-state index in [4.69, 9.17) is 10.2 Å². The molecule has 2 aromatic rings. The van der Waals surface area contributed by atoms with Gasteiger partial charge in [-0.15, -0.1) is 0 Å². The molecule has 0 saturated carbocycles. The van der Waals surface area contributed by atoms with Crippen LogP contribution in [-0.4, -0.2) is 22.2 Å². The Morgan fingerprint density at radius 1 is 0.545 bits per heavy atom. The summed E-state index contributed by atoms with van der Waals surface area (Å²) in [6.07, 6.45) is 0.444. The summed E-state index contributed by atoms with van der Waals surface area (Å²) < 4.78 is 0. The van der Waals surface area contributed by atoms with Gasteiger partial charge in [-0.2, -0.15) is 0 Å². The lowest BCUT2D eigenvalue weighted by molar-refractivity contribution is -0.137. The minimum Gasteiger partial charge on any atom is -0.481 e. The standard InChI is InChI=1S/2C6H6.2C3H6O2/c2*1-2-4-6-5-3-1;2*1-2-3(4)5/h2*1-6H;2*2H2,1H3,(H,4,5). The Hall–Kier alpha value is -2.62. The van der Waals surface area contributed by atoms with Crippen molar-refractivity contribution >= 4 is 11.9 Å². The monoisotopic (exact) mass is 304 g/mol. The lowest BCUT2D eigenvalue weighted by Gasteiger charge is -1.71. The molecule has 0 aliphatic heterocycles. The fraction of sp³-hybridized carbons (Fsp3) is 0.222. The Bertz CT molecular complexity index is 356. The van der Waals surface area contributed by atoms with Crippen LogP contribution >= 0.6 is 0 Å². The summed E-state index contributed by atoms with van der Waals surface area (Å²) in [7, 11) is 0. The maximum Gasteiger partial charge on any atom is 0.303 e. The highest BCUT2D eigenvalue weighted by atomic mass is 16.4. The number of hydrogen-bond acceptors (Lipinski definition) is 2. The van der Waals surface area contributed by atoms with Crippen LogP contribution in [0.2, 0.25) is 0 Å². The molecule has 0 aliphatic carbocycles. The van der Waals surface area contributed by atoms with Crippen molar-refractivity contribution in [3.8, 4) is 0 Å². The third-order valence-electron chi connectivity index (χ3n) is 1.94. The number of benzene rings is 2. The van der Waals surface area contributed by atoms with Crippen LogP contribution in [0.3, 0.4) is 0 Å². The molecule has 0 aromatic heterocycles. The Balaban J connectivity index is 0. The van der Waals surface area contributed by atoms with Crippen molar-refractivity contribution in [2.75, 3.05) is 0 Å². The highest BCUT2D eigenvalue weighted by Gasteiger charge is 1.81. The molecule has 2 N–H and O–H groups in total. The fourth-order valence-corrected chi connectivity index (χ4v) is 0.770. The third kappa shape index (κ3) is 26.0. The molecule has 4 nitrogen and oxygen atoms in total. The van der Waals surface area contributed by atoms with Gasteiger partial charge >= 0.3 is 11.9 Å². The second kappa shape index (κ2) is 18.4. The van der Waals surface area contributed by atoms with Crippen molar-refractivity contribution in [3.63, 3.8) is 0 Å². The first kappa shape index (κ1) is 21.7. The fourth-order valence-electron chi connectivity index (χ4n) is 0.770. The first-order valence-electron chi connectivity index (χ1n) is 6.98. The zero-order valence-electron chi connectivity index (χ0n) is 13.1. The van der Waals surface area contributed by atoms with Crippen LogP contribution in [-0.2, 0) is 9.59 Å². The van der Waals surface area contributed by atoms with E-state index in [2.05, 4.69) is 0 Å². The predicted octanol–water partition coefficient (Wildman–Crippen LogP) is 4.34. The first-order valence-corrected chi connectivity index (χ1v) is 6.98. The lowest BCUT2D eigenvalue weighted by atomic mass is 10.4. The summed E-state index contributed by atoms with van der Waals surface area (Å²) in [5.74, 6) is -1.49. The van der Waals surface area contributed by atoms with Crippen molar-refractivity contribution in [1.82, 2.24) is 0 Å². The molecule has 0 bridgehead atoms. The van der Waals surface area contributed by atoms with Crippen LogP contribution in [0.25, 0.3) is 0 Å². The van der Waals surface area contributed by atoms with Crippen molar-refractivity contribution in [3.05, 3.63) is 72.8 Å². The van der Waals surface area contributed by atoms with Crippen LogP contribution in [0.5, 0.6) is 0 Å². The molecule has 0 spiro atoms. The van der Waals surface area contributed by atoms with Gasteiger partial charge in [0, 0.05) is 12.8 Å². The summed E-state index contributed by atoms with van der Waals surface area (Å²) in [6.45, 7) is 3.20. The topological polar surface area (TPSA) is 74.6 Å². The Morgan fingerprint density at radius 2 is 0.636 bits per heavy atom. The number of carbonyl (C=O) groups is 2. The van der Waals surface area contributed by atoms with Crippen molar-refractivity contribution < 1.29 is 19.8 Å². The Labute approximate surface area is 132 Å². The van der Waals surface area contributed by atoms with Crippen LogP contribution in [0, 0.1) is 0 Å². The normalized spacial score (nSPS) is 7.73. The van der Waals surface area contributed by atoms with Crippen molar-refractivity contribution in [1.29, 1.82) is 0 Å². The predicted molar refractivity (Wildman–Crippen MR) is 88.7 cm³/mol. The zero-order chi connectivity index (χ0) is 17.1. The maximum atomic E-state index is 9.37. The van der Waals surface area contributed by atoms with Crippen LogP contribution in [0.4, 0.5) is 0 Å². The molecule has 0 unspecified atom stereocenters. The van der Waals surface area contributed by atoms with Gasteiger partial charge in [0.15, 0.2) is 0 Å². The molecule has 0 fully saturated rings. The number of hydrogen-bond donors (Lipinski definition) is 2. The molecule has 0 saturated heterocycles. The van der Waals surface area contributed by atoms with Crippen LogP contribution in [0.1, 0.15) is 26.7 Å². The smallest absolute Gasteiger partial charge is 0.303 e. The number of carboxylic acid groups (broad SMARTS) is 2. The van der Waals surface area contributed by atoms with E-state index in [9.17, 15) is 9.59 Å². The van der Waals surface area contributed by atoms with Crippen LogP contribution in [0.15, 0.2) is 72.8 Å². The summed E-state index contributed by atoms with van der Waals surface area (Å²) in [6, 6.07) is 24.0. The molecular weight excluding hydrogens is 280 g/mol. The van der Waals surface area contributed by atoms with Gasteiger partial charge in [-0.3, -0.25) is 9.59 Å². The molecule has 2 aromatic carbocycles. The molecule has 4 heteroatoms. The van der Waals surface area contributed by atoms with E-state index < -0.39 is 11.9 Å². The highest BCUT2D eigenvalue weighted by molar-refractivity contribution is 5.66. The largest absolute Gasteiger partial charge is 0.481 e. The van der Waals surface area contributed by atoms with Crippen molar-refractivity contribution in [2.24, 2.45) is 0 Å². The van der Waals surface area contributed by atoms with Gasteiger partial charge < -0.3 is 10.2 Å². The van der Waals surface area contributed by atoms with E-state index >= 15 is 0 Å². The summed E-state index contributed by atoms with van der Waals surface area (Å²) in [5.41, 5.74) is 0. The van der Waals surface area contributed by atoms with Crippen molar-refractivity contribution in [2.45, 2.75) is 26.7 Å². The number of rotatable bonds is 2. The van der Waals surface area contributed by atoms with E-state index in [0.29, 0.717) is 0 Å². The van der Waals surface area contributed by atoms with Gasteiger partial charge in [0.25, 0.3) is 0 Å². The van der Waals surface area contributed by atoms with Gasteiger partial charge in [0.1, 0.15) is 0 Å². The summed E-state index contributed by atoms with van der Waals surface area (Å²) in [4.78, 5) is 18.7. The summed E-state index contributed by atoms with van der Waals surface area (Å²) >= 11 is 0. The Morgan fingerprint density at radius 3 is 0.682 bits per heavy atom. The molecule has 2 rings (SSSR count). The molecule has 0 radical (unpaired) electrons. The van der Waals surface area contributed by atoms with E-state index in [-0.39, 0.29) is 12.8 Å². The average molecular weight is 304 g/mol. The quantitative estimate of drug-likeness (QED) is 0.865. The van der Waals surface area contributed by atoms with Gasteiger partial charge in [0.05, 0.1) is 0 Å². The average Bonchev–Trinajstić information content (AvgIpc) is 2.59. The number of carboxylic acids is 2. The van der Waals surface area contributed by atoms with E-state index in [0.717, 1.165) is 0 Å². The lowest BCUT2D eigenvalue weighted by Crippen LogP contribution is -1.86. The molecule has 120 valence electrons. The highest BCUT2D eigenvalue weighted by Crippen LogP contribution is 1.80. The van der Waals surface area contributed by atoms with Gasteiger partial charge in [-0.25, -0.2) is 0 Å². The molecule has 22 heavy (non-hydrogen) atoms. The van der Waals surface area contributed by atoms with Crippen LogP contribution < -0.4 is 0 Å². The molecular formula is C18H24O4. The first-order chi connectivity index (χ1) is 10.5. The van der Waals surface area contributed by atoms with E-state index in [1.54, 1.807) is 13.8 Å². The Kier molecular flexibility index (Phi) is 18.1. The van der Waals surface area contributed by atoms with Gasteiger partial charge in [-0.05, 0) is 0 Å². The number of aliphatic carboxylic acids is 2. The molecule has 0 aliphatic rings. The second-order valence-electron chi connectivity index (χ2n) is 3.80.